The number of hydrogen-bond donors (Lipinski definition) is 0. The summed E-state index contributed by atoms with van der Waals surface area (Å²) in [6.45, 7) is 4.00. The molecule has 0 saturated heterocycles. The Morgan fingerprint density at radius 2 is 1.68 bits per heavy atom. The second kappa shape index (κ2) is 5.78. The first-order chi connectivity index (χ1) is 10.5. The van der Waals surface area contributed by atoms with Crippen LogP contribution in [0.15, 0.2) is 30.7 Å². The van der Waals surface area contributed by atoms with Crippen molar-refractivity contribution in [3.63, 3.8) is 0 Å². The number of fused-ring (bicyclic) bond motifs is 1. The van der Waals surface area contributed by atoms with Gasteiger partial charge in [-0.2, -0.15) is 0 Å². The van der Waals surface area contributed by atoms with Crippen LogP contribution in [0.1, 0.15) is 25.6 Å². The Bertz CT molecular complexity index is 848. The maximum atomic E-state index is 14.3. The first-order valence-corrected chi connectivity index (χ1v) is 7.48. The normalized spacial score (nSPS) is 11.4. The van der Waals surface area contributed by atoms with Gasteiger partial charge < -0.3 is 0 Å². The SMILES string of the molecule is CC(C)c1ncc(-c2cc3c(Cl)c(Cl)cnc3cc2F)cn1. The molecular weight excluding hydrogens is 324 g/mol. The molecule has 0 bridgehead atoms. The molecular formula is C16H12Cl2FN3. The van der Waals surface area contributed by atoms with Crippen LogP contribution in [-0.2, 0) is 0 Å². The van der Waals surface area contributed by atoms with Gasteiger partial charge in [0, 0.05) is 47.1 Å². The minimum Gasteiger partial charge on any atom is -0.254 e. The van der Waals surface area contributed by atoms with Gasteiger partial charge in [0.1, 0.15) is 11.6 Å². The molecule has 0 aliphatic rings. The fourth-order valence-corrected chi connectivity index (χ4v) is 2.50. The molecule has 1 aromatic carbocycles. The predicted octanol–water partition coefficient (Wildman–Crippen LogP) is 5.26. The van der Waals surface area contributed by atoms with Crippen molar-refractivity contribution in [3.05, 3.63) is 52.4 Å². The lowest BCUT2D eigenvalue weighted by molar-refractivity contribution is 0.632. The Hall–Kier alpha value is -1.78. The van der Waals surface area contributed by atoms with Gasteiger partial charge in [0.05, 0.1) is 15.6 Å². The van der Waals surface area contributed by atoms with E-state index in [-0.39, 0.29) is 5.92 Å². The number of hydrogen-bond acceptors (Lipinski definition) is 3. The fraction of sp³-hybridized carbons (Fsp3) is 0.188. The van der Waals surface area contributed by atoms with E-state index in [1.165, 1.54) is 12.3 Å². The van der Waals surface area contributed by atoms with E-state index in [0.717, 1.165) is 0 Å². The predicted molar refractivity (Wildman–Crippen MR) is 86.8 cm³/mol. The molecule has 0 amide bonds. The second-order valence-corrected chi connectivity index (χ2v) is 6.04. The molecule has 0 unspecified atom stereocenters. The van der Waals surface area contributed by atoms with Gasteiger partial charge in [-0.05, 0) is 6.07 Å². The number of pyridine rings is 1. The lowest BCUT2D eigenvalue weighted by Crippen LogP contribution is -1.97. The van der Waals surface area contributed by atoms with Crippen LogP contribution in [0.25, 0.3) is 22.0 Å². The number of nitrogens with zero attached hydrogens (tertiary/aromatic N) is 3. The van der Waals surface area contributed by atoms with Gasteiger partial charge in [0.25, 0.3) is 0 Å². The van der Waals surface area contributed by atoms with Crippen molar-refractivity contribution in [3.8, 4) is 11.1 Å². The minimum absolute atomic E-state index is 0.216. The van der Waals surface area contributed by atoms with Crippen LogP contribution in [0.4, 0.5) is 4.39 Å². The Morgan fingerprint density at radius 3 is 2.32 bits per heavy atom. The van der Waals surface area contributed by atoms with Crippen molar-refractivity contribution >= 4 is 34.1 Å². The van der Waals surface area contributed by atoms with Crippen molar-refractivity contribution < 1.29 is 4.39 Å². The summed E-state index contributed by atoms with van der Waals surface area (Å²) >= 11 is 12.1. The van der Waals surface area contributed by atoms with E-state index in [1.54, 1.807) is 18.5 Å². The van der Waals surface area contributed by atoms with Crippen LogP contribution in [-0.4, -0.2) is 15.0 Å². The Balaban J connectivity index is 2.17. The van der Waals surface area contributed by atoms with Crippen molar-refractivity contribution in [2.45, 2.75) is 19.8 Å². The van der Waals surface area contributed by atoms with Gasteiger partial charge in [-0.3, -0.25) is 4.98 Å². The summed E-state index contributed by atoms with van der Waals surface area (Å²) in [5, 5.41) is 1.28. The summed E-state index contributed by atoms with van der Waals surface area (Å²) in [6, 6.07) is 2.96. The molecule has 0 aliphatic heterocycles. The zero-order valence-electron chi connectivity index (χ0n) is 11.9. The summed E-state index contributed by atoms with van der Waals surface area (Å²) in [6.07, 6.45) is 4.63. The van der Waals surface area contributed by atoms with E-state index in [9.17, 15) is 4.39 Å². The third-order valence-corrected chi connectivity index (χ3v) is 4.14. The summed E-state index contributed by atoms with van der Waals surface area (Å²) in [5.41, 5.74) is 1.41. The highest BCUT2D eigenvalue weighted by Gasteiger charge is 2.13. The molecule has 0 N–H and O–H groups in total. The molecule has 3 aromatic rings. The third kappa shape index (κ3) is 2.64. The minimum atomic E-state index is -0.403. The number of aromatic nitrogens is 3. The maximum Gasteiger partial charge on any atom is 0.133 e. The summed E-state index contributed by atoms with van der Waals surface area (Å²) in [7, 11) is 0. The molecule has 22 heavy (non-hydrogen) atoms. The van der Waals surface area contributed by atoms with Crippen LogP contribution >= 0.6 is 23.2 Å². The van der Waals surface area contributed by atoms with Gasteiger partial charge in [0.2, 0.25) is 0 Å². The van der Waals surface area contributed by atoms with Crippen LogP contribution in [0, 0.1) is 5.82 Å². The molecule has 6 heteroatoms. The smallest absolute Gasteiger partial charge is 0.133 e. The molecule has 0 radical (unpaired) electrons. The van der Waals surface area contributed by atoms with Crippen LogP contribution in [0.3, 0.4) is 0 Å². The fourth-order valence-electron chi connectivity index (χ4n) is 2.15. The average molecular weight is 336 g/mol. The third-order valence-electron chi connectivity index (χ3n) is 3.35. The number of rotatable bonds is 2. The first-order valence-electron chi connectivity index (χ1n) is 6.73. The molecule has 2 aromatic heterocycles. The van der Waals surface area contributed by atoms with E-state index >= 15 is 0 Å². The molecule has 0 saturated carbocycles. The Morgan fingerprint density at radius 1 is 1.00 bits per heavy atom. The Kier molecular flexibility index (Phi) is 3.98. The van der Waals surface area contributed by atoms with Crippen molar-refractivity contribution in [1.29, 1.82) is 0 Å². The average Bonchev–Trinajstić information content (AvgIpc) is 2.51. The highest BCUT2D eigenvalue weighted by Crippen LogP contribution is 2.33. The largest absolute Gasteiger partial charge is 0.254 e. The van der Waals surface area contributed by atoms with Gasteiger partial charge in [-0.25, -0.2) is 14.4 Å². The first kappa shape index (κ1) is 15.1. The van der Waals surface area contributed by atoms with Gasteiger partial charge >= 0.3 is 0 Å². The van der Waals surface area contributed by atoms with Gasteiger partial charge in [-0.1, -0.05) is 37.0 Å². The molecule has 3 rings (SSSR count). The summed E-state index contributed by atoms with van der Waals surface area (Å²) in [5.74, 6) is 0.528. The highest BCUT2D eigenvalue weighted by atomic mass is 35.5. The zero-order valence-corrected chi connectivity index (χ0v) is 13.5. The molecule has 3 nitrogen and oxygen atoms in total. The molecule has 112 valence electrons. The van der Waals surface area contributed by atoms with Crippen molar-refractivity contribution in [2.75, 3.05) is 0 Å². The summed E-state index contributed by atoms with van der Waals surface area (Å²) in [4.78, 5) is 12.6. The standard InChI is InChI=1S/C16H12Cl2FN3/c1-8(2)16-21-5-9(6-22-16)10-3-11-14(4-13(10)19)20-7-12(17)15(11)18/h3-8H,1-2H3. The van der Waals surface area contributed by atoms with E-state index in [0.29, 0.717) is 37.9 Å². The molecule has 0 aliphatic carbocycles. The van der Waals surface area contributed by atoms with E-state index in [2.05, 4.69) is 15.0 Å². The monoisotopic (exact) mass is 335 g/mol. The number of benzene rings is 1. The van der Waals surface area contributed by atoms with Crippen molar-refractivity contribution in [2.24, 2.45) is 0 Å². The van der Waals surface area contributed by atoms with Crippen LogP contribution < -0.4 is 0 Å². The molecule has 0 fully saturated rings. The lowest BCUT2D eigenvalue weighted by atomic mass is 10.0. The second-order valence-electron chi connectivity index (χ2n) is 5.25. The quantitative estimate of drug-likeness (QED) is 0.641. The zero-order chi connectivity index (χ0) is 15.9. The maximum absolute atomic E-state index is 14.3. The van der Waals surface area contributed by atoms with Crippen LogP contribution in [0.5, 0.6) is 0 Å². The topological polar surface area (TPSA) is 38.7 Å². The van der Waals surface area contributed by atoms with E-state index in [1.807, 2.05) is 13.8 Å². The van der Waals surface area contributed by atoms with E-state index < -0.39 is 5.82 Å². The molecule has 0 spiro atoms. The van der Waals surface area contributed by atoms with Crippen LogP contribution in [0.2, 0.25) is 10.0 Å². The summed E-state index contributed by atoms with van der Waals surface area (Å²) < 4.78 is 14.3. The van der Waals surface area contributed by atoms with Gasteiger partial charge in [-0.15, -0.1) is 0 Å². The van der Waals surface area contributed by atoms with Gasteiger partial charge in [0.15, 0.2) is 0 Å². The lowest BCUT2D eigenvalue weighted by Gasteiger charge is -2.08. The van der Waals surface area contributed by atoms with E-state index in [4.69, 9.17) is 23.2 Å². The Labute approximate surface area is 137 Å². The number of halogens is 3. The molecule has 0 atom stereocenters. The molecule has 2 heterocycles. The van der Waals surface area contributed by atoms with Crippen molar-refractivity contribution in [1.82, 2.24) is 15.0 Å². The highest BCUT2D eigenvalue weighted by molar-refractivity contribution is 6.45.